The van der Waals surface area contributed by atoms with E-state index in [0.717, 1.165) is 17.7 Å². The zero-order valence-electron chi connectivity index (χ0n) is 14.8. The number of pyridine rings is 1. The molecule has 146 valence electrons. The highest BCUT2D eigenvalue weighted by atomic mass is 32.2. The number of hydrogen-bond acceptors (Lipinski definition) is 6. The van der Waals surface area contributed by atoms with E-state index >= 15 is 0 Å². The maximum Gasteiger partial charge on any atom is 0.321 e. The molecule has 0 amide bonds. The molecule has 0 spiro atoms. The Hall–Kier alpha value is -3.11. The molecule has 0 atom stereocenters. The molecule has 2 aromatic heterocycles. The van der Waals surface area contributed by atoms with Crippen molar-refractivity contribution in [2.75, 3.05) is 6.54 Å². The van der Waals surface area contributed by atoms with Gasteiger partial charge in [0.15, 0.2) is 0 Å². The van der Waals surface area contributed by atoms with Crippen LogP contribution in [0.5, 0.6) is 0 Å². The topological polar surface area (TPSA) is 107 Å². The van der Waals surface area contributed by atoms with Gasteiger partial charge in [0.2, 0.25) is 10.0 Å². The number of ether oxygens (including phenoxy) is 1. The van der Waals surface area contributed by atoms with E-state index in [1.54, 1.807) is 25.3 Å². The van der Waals surface area contributed by atoms with Crippen LogP contribution >= 0.6 is 0 Å². The monoisotopic (exact) mass is 405 g/mol. The van der Waals surface area contributed by atoms with Gasteiger partial charge in [0, 0.05) is 12.3 Å². The third-order valence-electron chi connectivity index (χ3n) is 3.83. The summed E-state index contributed by atoms with van der Waals surface area (Å²) in [6.07, 6.45) is 1.58. The molecular formula is C18H16FN3O5S. The number of nitrogens with one attached hydrogen (secondary N) is 1. The van der Waals surface area contributed by atoms with Crippen LogP contribution in [0.3, 0.4) is 0 Å². The van der Waals surface area contributed by atoms with Crippen molar-refractivity contribution in [2.24, 2.45) is 0 Å². The van der Waals surface area contributed by atoms with Crippen molar-refractivity contribution in [2.45, 2.75) is 18.4 Å². The Labute approximate surface area is 159 Å². The van der Waals surface area contributed by atoms with Gasteiger partial charge in [0.25, 0.3) is 5.56 Å². The lowest BCUT2D eigenvalue weighted by atomic mass is 10.3. The molecule has 2 heterocycles. The van der Waals surface area contributed by atoms with E-state index in [9.17, 15) is 22.4 Å². The number of carbonyl (C=O) groups is 1. The normalized spacial score (nSPS) is 11.5. The zero-order valence-corrected chi connectivity index (χ0v) is 15.6. The van der Waals surface area contributed by atoms with Crippen molar-refractivity contribution in [3.8, 4) is 0 Å². The van der Waals surface area contributed by atoms with Crippen LogP contribution in [0, 0.1) is 12.7 Å². The fourth-order valence-electron chi connectivity index (χ4n) is 2.46. The molecule has 0 saturated heterocycles. The molecular weight excluding hydrogens is 389 g/mol. The van der Waals surface area contributed by atoms with E-state index in [1.165, 1.54) is 22.6 Å². The minimum atomic E-state index is -4.06. The van der Waals surface area contributed by atoms with Gasteiger partial charge in [0.05, 0.1) is 10.6 Å². The Morgan fingerprint density at radius 1 is 1.25 bits per heavy atom. The summed E-state index contributed by atoms with van der Waals surface area (Å²) in [5.74, 6) is -1.58. The first-order chi connectivity index (χ1) is 13.3. The number of aryl methyl sites for hydroxylation is 1. The summed E-state index contributed by atoms with van der Waals surface area (Å²) in [5, 5.41) is 0. The van der Waals surface area contributed by atoms with E-state index in [4.69, 9.17) is 4.74 Å². The van der Waals surface area contributed by atoms with E-state index in [2.05, 4.69) is 4.98 Å². The number of halogens is 1. The first-order valence-corrected chi connectivity index (χ1v) is 9.63. The largest absolute Gasteiger partial charge is 0.458 e. The molecule has 3 rings (SSSR count). The van der Waals surface area contributed by atoms with Crippen molar-refractivity contribution in [3.63, 3.8) is 0 Å². The van der Waals surface area contributed by atoms with Gasteiger partial charge in [-0.05, 0) is 36.8 Å². The quantitative estimate of drug-likeness (QED) is 0.617. The summed E-state index contributed by atoms with van der Waals surface area (Å²) in [6, 6.07) is 9.13. The molecule has 0 aliphatic rings. The van der Waals surface area contributed by atoms with E-state index in [0.29, 0.717) is 5.65 Å². The Morgan fingerprint density at radius 2 is 2.04 bits per heavy atom. The summed E-state index contributed by atoms with van der Waals surface area (Å²) in [5.41, 5.74) is 1.12. The summed E-state index contributed by atoms with van der Waals surface area (Å²) >= 11 is 0. The van der Waals surface area contributed by atoms with E-state index in [-0.39, 0.29) is 22.8 Å². The van der Waals surface area contributed by atoms with Crippen LogP contribution in [0.4, 0.5) is 4.39 Å². The second kappa shape index (κ2) is 7.87. The molecule has 1 aromatic carbocycles. The predicted octanol–water partition coefficient (Wildman–Crippen LogP) is 1.16. The predicted molar refractivity (Wildman–Crippen MR) is 97.6 cm³/mol. The molecule has 0 saturated carbocycles. The number of nitrogens with zero attached hydrogens (tertiary/aromatic N) is 2. The maximum absolute atomic E-state index is 13.2. The van der Waals surface area contributed by atoms with Crippen LogP contribution in [-0.4, -0.2) is 30.3 Å². The number of benzene rings is 1. The molecule has 0 bridgehead atoms. The van der Waals surface area contributed by atoms with Crippen molar-refractivity contribution in [1.29, 1.82) is 0 Å². The average molecular weight is 405 g/mol. The van der Waals surface area contributed by atoms with Crippen molar-refractivity contribution in [1.82, 2.24) is 14.1 Å². The average Bonchev–Trinajstić information content (AvgIpc) is 2.66. The molecule has 0 fully saturated rings. The second-order valence-corrected chi connectivity index (χ2v) is 7.68. The molecule has 0 aliphatic heterocycles. The van der Waals surface area contributed by atoms with Crippen LogP contribution in [-0.2, 0) is 26.2 Å². The van der Waals surface area contributed by atoms with Gasteiger partial charge in [-0.3, -0.25) is 14.0 Å². The van der Waals surface area contributed by atoms with Gasteiger partial charge in [0.1, 0.15) is 24.6 Å². The minimum Gasteiger partial charge on any atom is -0.458 e. The fraction of sp³-hybridized carbons (Fsp3) is 0.167. The smallest absolute Gasteiger partial charge is 0.321 e. The summed E-state index contributed by atoms with van der Waals surface area (Å²) in [4.78, 5) is 27.9. The second-order valence-electron chi connectivity index (χ2n) is 5.91. The zero-order chi connectivity index (χ0) is 20.3. The van der Waals surface area contributed by atoms with E-state index in [1.807, 2.05) is 4.72 Å². The first-order valence-electron chi connectivity index (χ1n) is 8.15. The Kier molecular flexibility index (Phi) is 5.52. The molecule has 0 unspecified atom stereocenters. The van der Waals surface area contributed by atoms with Crippen LogP contribution in [0.25, 0.3) is 5.65 Å². The lowest BCUT2D eigenvalue weighted by Gasteiger charge is -2.08. The van der Waals surface area contributed by atoms with Crippen LogP contribution < -0.4 is 10.3 Å². The standard InChI is InChI=1S/C18H16FN3O5S/c1-12-4-3-7-22-16(23)9-14(21-18(12)22)11-27-17(24)10-20-28(25,26)15-6-2-5-13(19)8-15/h2-9,20H,10-11H2,1H3. The fourth-order valence-corrected chi connectivity index (χ4v) is 3.46. The first kappa shape index (κ1) is 19.6. The molecule has 3 aromatic rings. The highest BCUT2D eigenvalue weighted by molar-refractivity contribution is 7.89. The third kappa shape index (κ3) is 4.41. The van der Waals surface area contributed by atoms with Crippen molar-refractivity contribution in [3.05, 3.63) is 76.1 Å². The molecule has 1 N–H and O–H groups in total. The van der Waals surface area contributed by atoms with Gasteiger partial charge in [-0.25, -0.2) is 17.8 Å². The van der Waals surface area contributed by atoms with Gasteiger partial charge in [-0.15, -0.1) is 0 Å². The van der Waals surface area contributed by atoms with E-state index < -0.39 is 28.4 Å². The van der Waals surface area contributed by atoms with Gasteiger partial charge >= 0.3 is 5.97 Å². The number of fused-ring (bicyclic) bond motifs is 1. The molecule has 8 nitrogen and oxygen atoms in total. The summed E-state index contributed by atoms with van der Waals surface area (Å²) < 4.78 is 45.6. The lowest BCUT2D eigenvalue weighted by molar-refractivity contribution is -0.143. The van der Waals surface area contributed by atoms with Crippen LogP contribution in [0.15, 0.2) is 58.4 Å². The summed E-state index contributed by atoms with van der Waals surface area (Å²) in [7, 11) is -4.06. The van der Waals surface area contributed by atoms with Gasteiger partial charge in [-0.1, -0.05) is 12.1 Å². The Bertz CT molecular complexity index is 1210. The number of rotatable bonds is 6. The highest BCUT2D eigenvalue weighted by Gasteiger charge is 2.17. The van der Waals surface area contributed by atoms with Crippen LogP contribution in [0.2, 0.25) is 0 Å². The Morgan fingerprint density at radius 3 is 2.79 bits per heavy atom. The number of hydrogen-bond donors (Lipinski definition) is 1. The van der Waals surface area contributed by atoms with Gasteiger partial charge < -0.3 is 4.74 Å². The SMILES string of the molecule is Cc1cccn2c(=O)cc(COC(=O)CNS(=O)(=O)c3cccc(F)c3)nc12. The lowest BCUT2D eigenvalue weighted by Crippen LogP contribution is -2.30. The summed E-state index contributed by atoms with van der Waals surface area (Å²) in [6.45, 7) is 0.851. The number of esters is 1. The third-order valence-corrected chi connectivity index (χ3v) is 5.23. The minimum absolute atomic E-state index is 0.237. The van der Waals surface area contributed by atoms with Gasteiger partial charge in [-0.2, -0.15) is 4.72 Å². The number of aromatic nitrogens is 2. The highest BCUT2D eigenvalue weighted by Crippen LogP contribution is 2.10. The van der Waals surface area contributed by atoms with Crippen molar-refractivity contribution >= 4 is 21.6 Å². The molecule has 0 radical (unpaired) electrons. The van der Waals surface area contributed by atoms with Crippen molar-refractivity contribution < 1.29 is 22.3 Å². The molecule has 0 aliphatic carbocycles. The van der Waals surface area contributed by atoms with Crippen LogP contribution in [0.1, 0.15) is 11.3 Å². The molecule has 28 heavy (non-hydrogen) atoms. The number of carbonyl (C=O) groups excluding carboxylic acids is 1. The Balaban J connectivity index is 1.64. The number of sulfonamides is 1. The molecule has 10 heteroatoms. The maximum atomic E-state index is 13.2.